The van der Waals surface area contributed by atoms with Gasteiger partial charge in [0.25, 0.3) is 0 Å². The number of ether oxygens (including phenoxy) is 2. The fourth-order valence-electron chi connectivity index (χ4n) is 1.36. The van der Waals surface area contributed by atoms with E-state index in [1.54, 1.807) is 7.11 Å². The molecule has 4 heteroatoms. The standard InChI is InChI=1S/C11H17NO2.ClH/c1-4-14-11-9(8-12-2)6-5-7-10(11)13-3;/h5-7,12H,4,8H2,1-3H3;1H. The second kappa shape index (κ2) is 7.37. The molecule has 0 aromatic heterocycles. The molecule has 0 radical (unpaired) electrons. The summed E-state index contributed by atoms with van der Waals surface area (Å²) in [6.45, 7) is 3.40. The molecular formula is C11H18ClNO2. The van der Waals surface area contributed by atoms with Gasteiger partial charge >= 0.3 is 0 Å². The summed E-state index contributed by atoms with van der Waals surface area (Å²) in [5.41, 5.74) is 1.12. The van der Waals surface area contributed by atoms with E-state index in [0.717, 1.165) is 23.6 Å². The summed E-state index contributed by atoms with van der Waals surface area (Å²) in [7, 11) is 3.57. The van der Waals surface area contributed by atoms with Gasteiger partial charge in [-0.15, -0.1) is 12.4 Å². The van der Waals surface area contributed by atoms with E-state index in [0.29, 0.717) is 6.61 Å². The van der Waals surface area contributed by atoms with Crippen molar-refractivity contribution in [1.29, 1.82) is 0 Å². The van der Waals surface area contributed by atoms with Crippen LogP contribution in [-0.2, 0) is 6.54 Å². The van der Waals surface area contributed by atoms with Crippen molar-refractivity contribution in [2.24, 2.45) is 0 Å². The molecule has 0 bridgehead atoms. The molecule has 3 nitrogen and oxygen atoms in total. The molecule has 0 spiro atoms. The number of methoxy groups -OCH3 is 1. The Balaban J connectivity index is 0.00000196. The van der Waals surface area contributed by atoms with Crippen molar-refractivity contribution >= 4 is 12.4 Å². The average molecular weight is 232 g/mol. The predicted octanol–water partition coefficient (Wildman–Crippen LogP) is 2.24. The lowest BCUT2D eigenvalue weighted by Crippen LogP contribution is -2.08. The molecule has 0 fully saturated rings. The van der Waals surface area contributed by atoms with Crippen molar-refractivity contribution in [2.45, 2.75) is 13.5 Å². The van der Waals surface area contributed by atoms with Crippen LogP contribution < -0.4 is 14.8 Å². The Kier molecular flexibility index (Phi) is 6.92. The van der Waals surface area contributed by atoms with Gasteiger partial charge in [0, 0.05) is 12.1 Å². The van der Waals surface area contributed by atoms with E-state index in [1.165, 1.54) is 0 Å². The average Bonchev–Trinajstić information content (AvgIpc) is 2.21. The first-order valence-corrected chi connectivity index (χ1v) is 4.76. The summed E-state index contributed by atoms with van der Waals surface area (Å²) in [6, 6.07) is 5.90. The third kappa shape index (κ3) is 3.61. The highest BCUT2D eigenvalue weighted by Gasteiger charge is 2.08. The Morgan fingerprint density at radius 2 is 2.07 bits per heavy atom. The SMILES string of the molecule is CCOc1c(CNC)cccc1OC.Cl. The van der Waals surface area contributed by atoms with Crippen LogP contribution in [0.15, 0.2) is 18.2 Å². The lowest BCUT2D eigenvalue weighted by atomic mass is 10.2. The minimum Gasteiger partial charge on any atom is -0.493 e. The first kappa shape index (κ1) is 14.1. The molecule has 0 aliphatic carbocycles. The van der Waals surface area contributed by atoms with Crippen LogP contribution in [0.25, 0.3) is 0 Å². The van der Waals surface area contributed by atoms with Crippen molar-refractivity contribution in [3.63, 3.8) is 0 Å². The normalized spacial score (nSPS) is 9.27. The summed E-state index contributed by atoms with van der Waals surface area (Å²) in [4.78, 5) is 0. The molecule has 0 heterocycles. The zero-order valence-corrected chi connectivity index (χ0v) is 10.2. The van der Waals surface area contributed by atoms with Gasteiger partial charge in [-0.3, -0.25) is 0 Å². The highest BCUT2D eigenvalue weighted by Crippen LogP contribution is 2.30. The van der Waals surface area contributed by atoms with Crippen LogP contribution in [0.1, 0.15) is 12.5 Å². The maximum atomic E-state index is 5.55. The third-order valence-electron chi connectivity index (χ3n) is 1.94. The van der Waals surface area contributed by atoms with Gasteiger partial charge in [0.1, 0.15) is 0 Å². The van der Waals surface area contributed by atoms with Crippen molar-refractivity contribution in [1.82, 2.24) is 5.32 Å². The molecule has 1 aromatic rings. The van der Waals surface area contributed by atoms with E-state index < -0.39 is 0 Å². The van der Waals surface area contributed by atoms with E-state index in [2.05, 4.69) is 5.32 Å². The number of halogens is 1. The number of benzene rings is 1. The second-order valence-corrected chi connectivity index (χ2v) is 2.91. The van der Waals surface area contributed by atoms with Gasteiger partial charge in [0.05, 0.1) is 13.7 Å². The Morgan fingerprint density at radius 1 is 1.33 bits per heavy atom. The zero-order chi connectivity index (χ0) is 10.4. The summed E-state index contributed by atoms with van der Waals surface area (Å²) in [5.74, 6) is 1.63. The van der Waals surface area contributed by atoms with E-state index >= 15 is 0 Å². The Hall–Kier alpha value is -0.930. The van der Waals surface area contributed by atoms with Crippen LogP contribution in [0.5, 0.6) is 11.5 Å². The van der Waals surface area contributed by atoms with Gasteiger partial charge in [0.2, 0.25) is 0 Å². The topological polar surface area (TPSA) is 30.5 Å². The van der Waals surface area contributed by atoms with Gasteiger partial charge in [-0.2, -0.15) is 0 Å². The molecule has 1 N–H and O–H groups in total. The van der Waals surface area contributed by atoms with E-state index in [4.69, 9.17) is 9.47 Å². The Bertz CT molecular complexity index is 292. The molecule has 0 atom stereocenters. The van der Waals surface area contributed by atoms with E-state index in [9.17, 15) is 0 Å². The van der Waals surface area contributed by atoms with Crippen LogP contribution in [0, 0.1) is 0 Å². The largest absolute Gasteiger partial charge is 0.493 e. The minimum absolute atomic E-state index is 0. The van der Waals surface area contributed by atoms with Gasteiger partial charge in [-0.25, -0.2) is 0 Å². The fourth-order valence-corrected chi connectivity index (χ4v) is 1.36. The molecule has 0 aliphatic rings. The first-order chi connectivity index (χ1) is 6.83. The number of para-hydroxylation sites is 1. The van der Waals surface area contributed by atoms with Crippen molar-refractivity contribution in [3.05, 3.63) is 23.8 Å². The van der Waals surface area contributed by atoms with Gasteiger partial charge in [0.15, 0.2) is 11.5 Å². The highest BCUT2D eigenvalue weighted by atomic mass is 35.5. The Morgan fingerprint density at radius 3 is 2.60 bits per heavy atom. The maximum Gasteiger partial charge on any atom is 0.165 e. The van der Waals surface area contributed by atoms with Crippen LogP contribution in [0.2, 0.25) is 0 Å². The molecule has 86 valence electrons. The molecule has 0 unspecified atom stereocenters. The van der Waals surface area contributed by atoms with Crippen LogP contribution in [-0.4, -0.2) is 20.8 Å². The number of hydrogen-bond acceptors (Lipinski definition) is 3. The van der Waals surface area contributed by atoms with E-state index in [1.807, 2.05) is 32.2 Å². The van der Waals surface area contributed by atoms with Gasteiger partial charge in [-0.1, -0.05) is 12.1 Å². The van der Waals surface area contributed by atoms with E-state index in [-0.39, 0.29) is 12.4 Å². The summed E-state index contributed by atoms with van der Waals surface area (Å²) >= 11 is 0. The third-order valence-corrected chi connectivity index (χ3v) is 1.94. The second-order valence-electron chi connectivity index (χ2n) is 2.91. The van der Waals surface area contributed by atoms with Gasteiger partial charge in [-0.05, 0) is 20.0 Å². The zero-order valence-electron chi connectivity index (χ0n) is 9.37. The molecule has 0 saturated carbocycles. The first-order valence-electron chi connectivity index (χ1n) is 4.76. The smallest absolute Gasteiger partial charge is 0.165 e. The van der Waals surface area contributed by atoms with Crippen molar-refractivity contribution < 1.29 is 9.47 Å². The molecular weight excluding hydrogens is 214 g/mol. The van der Waals surface area contributed by atoms with Crippen molar-refractivity contribution in [3.8, 4) is 11.5 Å². The van der Waals surface area contributed by atoms with Crippen LogP contribution in [0.4, 0.5) is 0 Å². The fraction of sp³-hybridized carbons (Fsp3) is 0.455. The Labute approximate surface area is 97.2 Å². The molecule has 1 aromatic carbocycles. The molecule has 15 heavy (non-hydrogen) atoms. The highest BCUT2D eigenvalue weighted by molar-refractivity contribution is 5.85. The quantitative estimate of drug-likeness (QED) is 0.843. The number of rotatable bonds is 5. The van der Waals surface area contributed by atoms with Crippen LogP contribution >= 0.6 is 12.4 Å². The molecule has 0 saturated heterocycles. The summed E-state index contributed by atoms with van der Waals surface area (Å²) < 4.78 is 10.8. The predicted molar refractivity (Wildman–Crippen MR) is 64.2 cm³/mol. The maximum absolute atomic E-state index is 5.55. The van der Waals surface area contributed by atoms with Crippen LogP contribution in [0.3, 0.4) is 0 Å². The minimum atomic E-state index is 0. The number of nitrogens with one attached hydrogen (secondary N) is 1. The number of hydrogen-bond donors (Lipinski definition) is 1. The molecule has 0 aliphatic heterocycles. The molecule has 1 rings (SSSR count). The summed E-state index contributed by atoms with van der Waals surface area (Å²) in [6.07, 6.45) is 0. The van der Waals surface area contributed by atoms with Crippen molar-refractivity contribution in [2.75, 3.05) is 20.8 Å². The lowest BCUT2D eigenvalue weighted by molar-refractivity contribution is 0.307. The van der Waals surface area contributed by atoms with Gasteiger partial charge < -0.3 is 14.8 Å². The lowest BCUT2D eigenvalue weighted by Gasteiger charge is -2.13. The molecule has 0 amide bonds. The monoisotopic (exact) mass is 231 g/mol. The summed E-state index contributed by atoms with van der Waals surface area (Å²) in [5, 5.41) is 3.10.